The van der Waals surface area contributed by atoms with Gasteiger partial charge in [0.2, 0.25) is 0 Å². The van der Waals surface area contributed by atoms with Gasteiger partial charge in [0.15, 0.2) is 0 Å². The number of ether oxygens (including phenoxy) is 2. The molecule has 1 heterocycles. The first-order chi connectivity index (χ1) is 11.4. The largest absolute Gasteiger partial charge is 0.573 e. The van der Waals surface area contributed by atoms with Gasteiger partial charge < -0.3 is 24.8 Å². The highest BCUT2D eigenvalue weighted by atomic mass is 19.4. The van der Waals surface area contributed by atoms with Crippen LogP contribution in [0.4, 0.5) is 23.7 Å². The summed E-state index contributed by atoms with van der Waals surface area (Å²) in [6.07, 6.45) is -6.20. The molecule has 2 rings (SSSR count). The van der Waals surface area contributed by atoms with E-state index in [1.165, 1.54) is 23.1 Å². The Morgan fingerprint density at radius 2 is 1.96 bits per heavy atom. The normalized spacial score (nSPS) is 21.2. The Kier molecular flexibility index (Phi) is 5.36. The number of benzene rings is 1. The van der Waals surface area contributed by atoms with Crippen molar-refractivity contribution in [3.8, 4) is 5.75 Å². The zero-order valence-corrected chi connectivity index (χ0v) is 14.1. The number of likely N-dealkylation sites (tertiary alicyclic amines) is 1. The van der Waals surface area contributed by atoms with E-state index in [4.69, 9.17) is 4.74 Å². The van der Waals surface area contributed by atoms with Crippen molar-refractivity contribution < 1.29 is 32.5 Å². The highest BCUT2D eigenvalue weighted by Crippen LogP contribution is 2.26. The molecule has 0 aromatic heterocycles. The summed E-state index contributed by atoms with van der Waals surface area (Å²) in [4.78, 5) is 13.4. The van der Waals surface area contributed by atoms with Crippen molar-refractivity contribution in [1.29, 1.82) is 0 Å². The summed E-state index contributed by atoms with van der Waals surface area (Å²) in [6, 6.07) is 4.77. The Morgan fingerprint density at radius 3 is 2.56 bits per heavy atom. The van der Waals surface area contributed by atoms with Crippen LogP contribution in [0.1, 0.15) is 20.8 Å². The number of hydrogen-bond acceptors (Lipinski definition) is 5. The lowest BCUT2D eigenvalue weighted by molar-refractivity contribution is -0.274. The quantitative estimate of drug-likeness (QED) is 0.865. The van der Waals surface area contributed by atoms with Crippen LogP contribution in [-0.4, -0.2) is 53.3 Å². The molecule has 1 aliphatic rings. The molecule has 2 atom stereocenters. The Labute approximate surface area is 143 Å². The molecule has 0 radical (unpaired) electrons. The van der Waals surface area contributed by atoms with Crippen molar-refractivity contribution in [2.24, 2.45) is 0 Å². The summed E-state index contributed by atoms with van der Waals surface area (Å²) >= 11 is 0. The molecule has 1 saturated heterocycles. The van der Waals surface area contributed by atoms with E-state index in [1.54, 1.807) is 26.8 Å². The SMILES string of the molecule is CC(C)(C)OC(=O)N1C[C@@H](O)[C@H](Nc2cccc(OC(F)(F)F)c2)C1. The zero-order chi connectivity index (χ0) is 18.8. The number of anilines is 1. The number of β-amino-alcohol motifs (C(OH)–C–C–N with tert-alkyl or cyclic N) is 1. The number of halogens is 3. The number of nitrogens with zero attached hydrogens (tertiary/aromatic N) is 1. The van der Waals surface area contributed by atoms with Crippen LogP contribution >= 0.6 is 0 Å². The second-order valence-electron chi connectivity index (χ2n) is 6.78. The van der Waals surface area contributed by atoms with E-state index in [-0.39, 0.29) is 18.8 Å². The van der Waals surface area contributed by atoms with Gasteiger partial charge in [-0.25, -0.2) is 4.79 Å². The van der Waals surface area contributed by atoms with E-state index in [0.717, 1.165) is 0 Å². The number of rotatable bonds is 3. The summed E-state index contributed by atoms with van der Waals surface area (Å²) in [7, 11) is 0. The predicted molar refractivity (Wildman–Crippen MR) is 84.3 cm³/mol. The molecule has 0 bridgehead atoms. The van der Waals surface area contributed by atoms with Gasteiger partial charge >= 0.3 is 12.5 Å². The topological polar surface area (TPSA) is 71.0 Å². The molecule has 1 aromatic rings. The fourth-order valence-corrected chi connectivity index (χ4v) is 2.40. The van der Waals surface area contributed by atoms with Gasteiger partial charge in [-0.05, 0) is 32.9 Å². The van der Waals surface area contributed by atoms with Gasteiger partial charge in [-0.3, -0.25) is 0 Å². The molecule has 1 amide bonds. The van der Waals surface area contributed by atoms with Crippen molar-refractivity contribution >= 4 is 11.8 Å². The van der Waals surface area contributed by atoms with Gasteiger partial charge in [-0.2, -0.15) is 0 Å². The maximum absolute atomic E-state index is 12.3. The molecule has 0 aliphatic carbocycles. The monoisotopic (exact) mass is 362 g/mol. The summed E-state index contributed by atoms with van der Waals surface area (Å²) in [5, 5.41) is 13.0. The van der Waals surface area contributed by atoms with Crippen molar-refractivity contribution in [2.75, 3.05) is 18.4 Å². The molecular formula is C16H21F3N2O4. The average molecular weight is 362 g/mol. The van der Waals surface area contributed by atoms with Crippen LogP contribution in [0.5, 0.6) is 5.75 Å². The average Bonchev–Trinajstić information content (AvgIpc) is 2.77. The third-order valence-electron chi connectivity index (χ3n) is 3.36. The maximum Gasteiger partial charge on any atom is 0.573 e. The van der Waals surface area contributed by atoms with Crippen molar-refractivity contribution in [3.63, 3.8) is 0 Å². The summed E-state index contributed by atoms with van der Waals surface area (Å²) in [5.74, 6) is -0.367. The summed E-state index contributed by atoms with van der Waals surface area (Å²) in [6.45, 7) is 5.45. The molecule has 140 valence electrons. The zero-order valence-electron chi connectivity index (χ0n) is 14.1. The van der Waals surface area contributed by atoms with Gasteiger partial charge in [-0.1, -0.05) is 6.07 Å². The molecule has 1 aromatic carbocycles. The standard InChI is InChI=1S/C16H21F3N2O4/c1-15(2,3)25-14(23)21-8-12(13(22)9-21)20-10-5-4-6-11(7-10)24-16(17,18)19/h4-7,12-13,20,22H,8-9H2,1-3H3/t12-,13-/m1/s1. The molecule has 2 N–H and O–H groups in total. The van der Waals surface area contributed by atoms with Gasteiger partial charge in [0.25, 0.3) is 0 Å². The summed E-state index contributed by atoms with van der Waals surface area (Å²) in [5.41, 5.74) is -0.312. The smallest absolute Gasteiger partial charge is 0.444 e. The molecule has 9 heteroatoms. The predicted octanol–water partition coefficient (Wildman–Crippen LogP) is 2.98. The highest BCUT2D eigenvalue weighted by molar-refractivity contribution is 5.69. The van der Waals surface area contributed by atoms with Crippen molar-refractivity contribution in [3.05, 3.63) is 24.3 Å². The van der Waals surface area contributed by atoms with Crippen LogP contribution in [0.25, 0.3) is 0 Å². The Morgan fingerprint density at radius 1 is 1.28 bits per heavy atom. The maximum atomic E-state index is 12.3. The Balaban J connectivity index is 1.99. The number of amides is 1. The number of aliphatic hydroxyl groups is 1. The van der Waals surface area contributed by atoms with Crippen LogP contribution in [0, 0.1) is 0 Å². The Bertz CT molecular complexity index is 616. The van der Waals surface area contributed by atoms with Crippen LogP contribution in [0.2, 0.25) is 0 Å². The van der Waals surface area contributed by atoms with E-state index in [0.29, 0.717) is 5.69 Å². The molecule has 0 spiro atoms. The minimum absolute atomic E-state index is 0.0747. The van der Waals surface area contributed by atoms with Gasteiger partial charge in [0.05, 0.1) is 18.7 Å². The number of hydrogen-bond donors (Lipinski definition) is 2. The molecular weight excluding hydrogens is 341 g/mol. The molecule has 6 nitrogen and oxygen atoms in total. The van der Waals surface area contributed by atoms with E-state index < -0.39 is 30.2 Å². The van der Waals surface area contributed by atoms with E-state index in [2.05, 4.69) is 10.1 Å². The van der Waals surface area contributed by atoms with Gasteiger partial charge in [-0.15, -0.1) is 13.2 Å². The second kappa shape index (κ2) is 6.99. The molecule has 1 aliphatic heterocycles. The molecule has 25 heavy (non-hydrogen) atoms. The lowest BCUT2D eigenvalue weighted by Crippen LogP contribution is -2.36. The molecule has 1 fully saturated rings. The fraction of sp³-hybridized carbons (Fsp3) is 0.562. The molecule has 0 unspecified atom stereocenters. The van der Waals surface area contributed by atoms with Crippen molar-refractivity contribution in [1.82, 2.24) is 4.90 Å². The van der Waals surface area contributed by atoms with Gasteiger partial charge in [0, 0.05) is 18.3 Å². The minimum Gasteiger partial charge on any atom is -0.444 e. The number of carbonyl (C=O) groups is 1. The highest BCUT2D eigenvalue weighted by Gasteiger charge is 2.36. The Hall–Kier alpha value is -2.16. The van der Waals surface area contributed by atoms with Crippen LogP contribution < -0.4 is 10.1 Å². The fourth-order valence-electron chi connectivity index (χ4n) is 2.40. The first kappa shape index (κ1) is 19.2. The first-order valence-electron chi connectivity index (χ1n) is 7.71. The van der Waals surface area contributed by atoms with Gasteiger partial charge in [0.1, 0.15) is 11.4 Å². The second-order valence-corrected chi connectivity index (χ2v) is 6.78. The van der Waals surface area contributed by atoms with E-state index in [1.807, 2.05) is 0 Å². The van der Waals surface area contributed by atoms with Crippen LogP contribution in [-0.2, 0) is 4.74 Å². The lowest BCUT2D eigenvalue weighted by atomic mass is 10.2. The third-order valence-corrected chi connectivity index (χ3v) is 3.36. The number of carbonyl (C=O) groups excluding carboxylic acids is 1. The number of aliphatic hydroxyl groups excluding tert-OH is 1. The minimum atomic E-state index is -4.78. The molecule has 0 saturated carbocycles. The third kappa shape index (κ3) is 6.00. The summed E-state index contributed by atoms with van der Waals surface area (Å²) < 4.78 is 45.9. The van der Waals surface area contributed by atoms with E-state index >= 15 is 0 Å². The first-order valence-corrected chi connectivity index (χ1v) is 7.71. The lowest BCUT2D eigenvalue weighted by Gasteiger charge is -2.24. The van der Waals surface area contributed by atoms with Crippen LogP contribution in [0.3, 0.4) is 0 Å². The number of alkyl halides is 3. The van der Waals surface area contributed by atoms with Crippen LogP contribution in [0.15, 0.2) is 24.3 Å². The number of nitrogens with one attached hydrogen (secondary N) is 1. The van der Waals surface area contributed by atoms with Crippen molar-refractivity contribution in [2.45, 2.75) is 44.9 Å². The van der Waals surface area contributed by atoms with E-state index in [9.17, 15) is 23.1 Å².